The third-order valence-corrected chi connectivity index (χ3v) is 1.83. The molecule has 0 fully saturated rings. The van der Waals surface area contributed by atoms with Gasteiger partial charge in [-0.3, -0.25) is 4.98 Å². The predicted octanol–water partition coefficient (Wildman–Crippen LogP) is 1.07. The molecule has 1 N–H and O–H groups in total. The van der Waals surface area contributed by atoms with Crippen LogP contribution >= 0.6 is 0 Å². The van der Waals surface area contributed by atoms with Crippen LogP contribution in [0.5, 0.6) is 0 Å². The van der Waals surface area contributed by atoms with E-state index in [-0.39, 0.29) is 0 Å². The van der Waals surface area contributed by atoms with E-state index < -0.39 is 5.60 Å². The summed E-state index contributed by atoms with van der Waals surface area (Å²) in [6.07, 6.45) is 5.00. The van der Waals surface area contributed by atoms with Gasteiger partial charge >= 0.3 is 0 Å². The Bertz CT molecular complexity index is 268. The number of likely N-dealkylation sites (N-methyl/N-ethyl adjacent to an activating group) is 1. The normalized spacial score (nSPS) is 11.4. The van der Waals surface area contributed by atoms with E-state index in [0.717, 1.165) is 12.4 Å². The van der Waals surface area contributed by atoms with Crippen molar-refractivity contribution >= 4 is 5.82 Å². The molecule has 0 radical (unpaired) electrons. The highest BCUT2D eigenvalue weighted by atomic mass is 16.3. The van der Waals surface area contributed by atoms with E-state index in [0.29, 0.717) is 6.54 Å². The smallest absolute Gasteiger partial charge is 0.147 e. The second-order valence-corrected chi connectivity index (χ2v) is 3.89. The molecule has 1 rings (SSSR count). The molecule has 0 aliphatic heterocycles. The molecule has 0 bridgehead atoms. The minimum Gasteiger partial charge on any atom is -0.389 e. The van der Waals surface area contributed by atoms with Crippen molar-refractivity contribution in [2.45, 2.75) is 26.4 Å². The maximum Gasteiger partial charge on any atom is 0.147 e. The predicted molar refractivity (Wildman–Crippen MR) is 56.2 cm³/mol. The summed E-state index contributed by atoms with van der Waals surface area (Å²) in [4.78, 5) is 10.2. The molecule has 0 spiro atoms. The highest BCUT2D eigenvalue weighted by Gasteiger charge is 2.18. The number of aromatic nitrogens is 2. The zero-order chi connectivity index (χ0) is 10.6. The van der Waals surface area contributed by atoms with Crippen LogP contribution in [0.4, 0.5) is 5.82 Å². The first-order valence-corrected chi connectivity index (χ1v) is 4.76. The molecule has 0 aromatic carbocycles. The first-order chi connectivity index (χ1) is 6.53. The van der Waals surface area contributed by atoms with Crippen molar-refractivity contribution in [3.05, 3.63) is 18.6 Å². The molecule has 0 unspecified atom stereocenters. The molecule has 1 aromatic heterocycles. The average Bonchev–Trinajstić information content (AvgIpc) is 2.14. The molecule has 0 aliphatic rings. The van der Waals surface area contributed by atoms with Crippen molar-refractivity contribution in [3.8, 4) is 0 Å². The van der Waals surface area contributed by atoms with E-state index in [4.69, 9.17) is 0 Å². The monoisotopic (exact) mass is 195 g/mol. The SMILES string of the molecule is CCN(CC(C)(C)O)c1cnccn1. The summed E-state index contributed by atoms with van der Waals surface area (Å²) in [5.41, 5.74) is -0.715. The molecule has 4 nitrogen and oxygen atoms in total. The molecule has 1 aromatic rings. The third-order valence-electron chi connectivity index (χ3n) is 1.83. The van der Waals surface area contributed by atoms with Crippen molar-refractivity contribution in [3.63, 3.8) is 0 Å². The van der Waals surface area contributed by atoms with Gasteiger partial charge in [-0.1, -0.05) is 0 Å². The zero-order valence-electron chi connectivity index (χ0n) is 8.94. The van der Waals surface area contributed by atoms with E-state index >= 15 is 0 Å². The molecule has 1 heterocycles. The number of nitrogens with zero attached hydrogens (tertiary/aromatic N) is 3. The van der Waals surface area contributed by atoms with E-state index in [1.54, 1.807) is 32.4 Å². The standard InChI is InChI=1S/C10H17N3O/c1-4-13(8-10(2,3)14)9-7-11-5-6-12-9/h5-7,14H,4,8H2,1-3H3. The van der Waals surface area contributed by atoms with Crippen molar-refractivity contribution < 1.29 is 5.11 Å². The van der Waals surface area contributed by atoms with Gasteiger partial charge in [0.25, 0.3) is 0 Å². The number of hydrogen-bond acceptors (Lipinski definition) is 4. The third kappa shape index (κ3) is 3.30. The molecule has 4 heteroatoms. The Labute approximate surface area is 84.6 Å². The highest BCUT2D eigenvalue weighted by molar-refractivity contribution is 5.35. The van der Waals surface area contributed by atoms with Crippen LogP contribution in [0.3, 0.4) is 0 Å². The molecular formula is C10H17N3O. The lowest BCUT2D eigenvalue weighted by molar-refractivity contribution is 0.0874. The van der Waals surface area contributed by atoms with Crippen LogP contribution in [-0.2, 0) is 0 Å². The van der Waals surface area contributed by atoms with Crippen molar-refractivity contribution in [2.24, 2.45) is 0 Å². The van der Waals surface area contributed by atoms with Gasteiger partial charge in [-0.2, -0.15) is 0 Å². The summed E-state index contributed by atoms with van der Waals surface area (Å²) in [6, 6.07) is 0. The summed E-state index contributed by atoms with van der Waals surface area (Å²) in [7, 11) is 0. The van der Waals surface area contributed by atoms with Crippen molar-refractivity contribution in [1.29, 1.82) is 0 Å². The lowest BCUT2D eigenvalue weighted by Crippen LogP contribution is -2.39. The van der Waals surface area contributed by atoms with E-state index in [1.807, 2.05) is 11.8 Å². The minimum absolute atomic E-state index is 0.558. The second kappa shape index (κ2) is 4.37. The number of anilines is 1. The lowest BCUT2D eigenvalue weighted by atomic mass is 10.1. The Morgan fingerprint density at radius 3 is 2.57 bits per heavy atom. The first kappa shape index (κ1) is 10.9. The summed E-state index contributed by atoms with van der Waals surface area (Å²) in [5.74, 6) is 0.803. The fourth-order valence-electron chi connectivity index (χ4n) is 1.28. The Kier molecular flexibility index (Phi) is 3.41. The van der Waals surface area contributed by atoms with Crippen molar-refractivity contribution in [1.82, 2.24) is 9.97 Å². The van der Waals surface area contributed by atoms with E-state index in [1.165, 1.54) is 0 Å². The molecular weight excluding hydrogens is 178 g/mol. The van der Waals surface area contributed by atoms with Gasteiger partial charge in [0.1, 0.15) is 5.82 Å². The highest BCUT2D eigenvalue weighted by Crippen LogP contribution is 2.12. The van der Waals surface area contributed by atoms with Gasteiger partial charge in [-0.05, 0) is 20.8 Å². The van der Waals surface area contributed by atoms with Crippen LogP contribution in [0.2, 0.25) is 0 Å². The first-order valence-electron chi connectivity index (χ1n) is 4.76. The molecule has 14 heavy (non-hydrogen) atoms. The number of hydrogen-bond donors (Lipinski definition) is 1. The largest absolute Gasteiger partial charge is 0.389 e. The fourth-order valence-corrected chi connectivity index (χ4v) is 1.28. The Hall–Kier alpha value is -1.16. The summed E-state index contributed by atoms with van der Waals surface area (Å²) in [5, 5.41) is 9.69. The van der Waals surface area contributed by atoms with Gasteiger partial charge in [0.05, 0.1) is 11.8 Å². The van der Waals surface area contributed by atoms with Gasteiger partial charge in [0, 0.05) is 25.5 Å². The van der Waals surface area contributed by atoms with Gasteiger partial charge in [-0.25, -0.2) is 4.98 Å². The maximum atomic E-state index is 9.69. The topological polar surface area (TPSA) is 49.2 Å². The van der Waals surface area contributed by atoms with E-state index in [2.05, 4.69) is 9.97 Å². The number of rotatable bonds is 4. The van der Waals surface area contributed by atoms with Crippen LogP contribution in [0.1, 0.15) is 20.8 Å². The van der Waals surface area contributed by atoms with Crippen LogP contribution in [0, 0.1) is 0 Å². The van der Waals surface area contributed by atoms with Crippen LogP contribution in [-0.4, -0.2) is 33.8 Å². The summed E-state index contributed by atoms with van der Waals surface area (Å²) in [6.45, 7) is 6.96. The van der Waals surface area contributed by atoms with Gasteiger partial charge in [0.2, 0.25) is 0 Å². The zero-order valence-corrected chi connectivity index (χ0v) is 8.94. The number of aliphatic hydroxyl groups is 1. The van der Waals surface area contributed by atoms with Gasteiger partial charge in [-0.15, -0.1) is 0 Å². The molecule has 0 aliphatic carbocycles. The Balaban J connectivity index is 2.73. The quantitative estimate of drug-likeness (QED) is 0.781. The van der Waals surface area contributed by atoms with Crippen molar-refractivity contribution in [2.75, 3.05) is 18.0 Å². The van der Waals surface area contributed by atoms with Gasteiger partial charge in [0.15, 0.2) is 0 Å². The average molecular weight is 195 g/mol. The summed E-state index contributed by atoms with van der Waals surface area (Å²) < 4.78 is 0. The van der Waals surface area contributed by atoms with Gasteiger partial charge < -0.3 is 10.0 Å². The molecule has 0 saturated carbocycles. The Morgan fingerprint density at radius 2 is 2.14 bits per heavy atom. The maximum absolute atomic E-state index is 9.69. The minimum atomic E-state index is -0.715. The molecule has 0 saturated heterocycles. The van der Waals surface area contributed by atoms with Crippen LogP contribution in [0.25, 0.3) is 0 Å². The van der Waals surface area contributed by atoms with Crippen LogP contribution in [0.15, 0.2) is 18.6 Å². The van der Waals surface area contributed by atoms with E-state index in [9.17, 15) is 5.11 Å². The summed E-state index contributed by atoms with van der Waals surface area (Å²) >= 11 is 0. The second-order valence-electron chi connectivity index (χ2n) is 3.89. The molecule has 78 valence electrons. The molecule has 0 atom stereocenters. The molecule has 0 amide bonds. The lowest BCUT2D eigenvalue weighted by Gasteiger charge is -2.28. The Morgan fingerprint density at radius 1 is 1.43 bits per heavy atom. The van der Waals surface area contributed by atoms with Crippen LogP contribution < -0.4 is 4.90 Å². The fraction of sp³-hybridized carbons (Fsp3) is 0.600.